The molecule has 0 N–H and O–H groups in total. The van der Waals surface area contributed by atoms with Crippen molar-refractivity contribution in [2.75, 3.05) is 0 Å². The van der Waals surface area contributed by atoms with Crippen molar-refractivity contribution in [3.63, 3.8) is 0 Å². The van der Waals surface area contributed by atoms with Crippen LogP contribution in [-0.4, -0.2) is 5.78 Å². The smallest absolute Gasteiger partial charge is 0.166 e. The Bertz CT molecular complexity index is 582. The van der Waals surface area contributed by atoms with Crippen molar-refractivity contribution in [2.45, 2.75) is 18.7 Å². The Hall–Kier alpha value is -1.80. The highest BCUT2D eigenvalue weighted by Crippen LogP contribution is 2.28. The summed E-state index contributed by atoms with van der Waals surface area (Å²) >= 11 is 1.51. The number of carbonyl (C=O) groups excluding carboxylic acids is 1. The quantitative estimate of drug-likeness (QED) is 0.589. The molecule has 0 bridgehead atoms. The Balaban J connectivity index is 2.25. The van der Waals surface area contributed by atoms with Crippen LogP contribution in [0.15, 0.2) is 64.4 Å². The molecule has 19 heavy (non-hydrogen) atoms. The number of ketones is 1. The highest BCUT2D eigenvalue weighted by molar-refractivity contribution is 8.04. The summed E-state index contributed by atoms with van der Waals surface area (Å²) in [7, 11) is 0. The zero-order chi connectivity index (χ0) is 13.7. The first-order chi connectivity index (χ1) is 9.15. The number of thioether (sulfide) groups is 1. The van der Waals surface area contributed by atoms with Gasteiger partial charge in [0.15, 0.2) is 5.78 Å². The molecule has 0 saturated carbocycles. The van der Waals surface area contributed by atoms with Gasteiger partial charge in [-0.1, -0.05) is 59.8 Å². The van der Waals surface area contributed by atoms with Crippen molar-refractivity contribution < 1.29 is 4.79 Å². The van der Waals surface area contributed by atoms with Gasteiger partial charge in [0.2, 0.25) is 0 Å². The standard InChI is InChI=1S/C17H16OS/c1-13-8-10-15(11-9-13)12-17(14(2)18)19-16-6-4-3-5-7-16/h3-12H,1-2H3/b17-12-. The summed E-state index contributed by atoms with van der Waals surface area (Å²) in [6, 6.07) is 18.1. The summed E-state index contributed by atoms with van der Waals surface area (Å²) in [6.07, 6.45) is 1.94. The topological polar surface area (TPSA) is 17.1 Å². The van der Waals surface area contributed by atoms with E-state index in [2.05, 4.69) is 19.1 Å². The fourth-order valence-electron chi connectivity index (χ4n) is 1.63. The molecule has 2 aromatic rings. The van der Waals surface area contributed by atoms with E-state index in [9.17, 15) is 4.79 Å². The van der Waals surface area contributed by atoms with Crippen LogP contribution in [-0.2, 0) is 4.79 Å². The first-order valence-electron chi connectivity index (χ1n) is 6.17. The van der Waals surface area contributed by atoms with Crippen LogP contribution in [0.3, 0.4) is 0 Å². The van der Waals surface area contributed by atoms with Crippen LogP contribution in [0.1, 0.15) is 18.1 Å². The van der Waals surface area contributed by atoms with Crippen LogP contribution < -0.4 is 0 Å². The summed E-state index contributed by atoms with van der Waals surface area (Å²) in [5, 5.41) is 0. The third-order valence-corrected chi connectivity index (χ3v) is 3.83. The zero-order valence-electron chi connectivity index (χ0n) is 11.1. The molecule has 2 aromatic carbocycles. The Morgan fingerprint density at radius 1 is 1.00 bits per heavy atom. The van der Waals surface area contributed by atoms with Crippen LogP contribution >= 0.6 is 11.8 Å². The molecule has 0 aliphatic carbocycles. The van der Waals surface area contributed by atoms with Gasteiger partial charge >= 0.3 is 0 Å². The molecule has 0 amide bonds. The molecule has 1 nitrogen and oxygen atoms in total. The Labute approximate surface area is 118 Å². The lowest BCUT2D eigenvalue weighted by Gasteiger charge is -2.04. The van der Waals surface area contributed by atoms with Gasteiger partial charge in [-0.2, -0.15) is 0 Å². The highest BCUT2D eigenvalue weighted by Gasteiger charge is 2.06. The van der Waals surface area contributed by atoms with Crippen molar-refractivity contribution in [3.8, 4) is 0 Å². The lowest BCUT2D eigenvalue weighted by molar-refractivity contribution is -0.112. The first kappa shape index (κ1) is 13.6. The SMILES string of the molecule is CC(=O)/C(=C/c1ccc(C)cc1)Sc1ccccc1. The molecule has 0 radical (unpaired) electrons. The van der Waals surface area contributed by atoms with Gasteiger partial charge in [-0.25, -0.2) is 0 Å². The largest absolute Gasteiger partial charge is 0.294 e. The molecule has 0 heterocycles. The molecular weight excluding hydrogens is 252 g/mol. The molecule has 0 aliphatic heterocycles. The highest BCUT2D eigenvalue weighted by atomic mass is 32.2. The predicted molar refractivity (Wildman–Crippen MR) is 82.1 cm³/mol. The van der Waals surface area contributed by atoms with Gasteiger partial charge in [-0.3, -0.25) is 4.79 Å². The van der Waals surface area contributed by atoms with Crippen molar-refractivity contribution in [3.05, 3.63) is 70.6 Å². The van der Waals surface area contributed by atoms with Gasteiger partial charge in [0.1, 0.15) is 0 Å². The van der Waals surface area contributed by atoms with E-state index >= 15 is 0 Å². The van der Waals surface area contributed by atoms with E-state index in [-0.39, 0.29) is 5.78 Å². The first-order valence-corrected chi connectivity index (χ1v) is 6.99. The Morgan fingerprint density at radius 3 is 2.21 bits per heavy atom. The second-order valence-electron chi connectivity index (χ2n) is 4.39. The third-order valence-electron chi connectivity index (χ3n) is 2.69. The van der Waals surface area contributed by atoms with Crippen molar-refractivity contribution in [1.29, 1.82) is 0 Å². The van der Waals surface area contributed by atoms with Crippen molar-refractivity contribution in [1.82, 2.24) is 0 Å². The number of rotatable bonds is 4. The maximum Gasteiger partial charge on any atom is 0.166 e. The van der Waals surface area contributed by atoms with E-state index in [1.807, 2.05) is 48.5 Å². The van der Waals surface area contributed by atoms with E-state index in [0.29, 0.717) is 0 Å². The molecule has 0 aromatic heterocycles. The minimum atomic E-state index is 0.0921. The lowest BCUT2D eigenvalue weighted by atomic mass is 10.1. The minimum Gasteiger partial charge on any atom is -0.294 e. The fourth-order valence-corrected chi connectivity index (χ4v) is 2.52. The molecule has 0 unspecified atom stereocenters. The number of carbonyl (C=O) groups is 1. The van der Waals surface area contributed by atoms with E-state index < -0.39 is 0 Å². The molecule has 2 rings (SSSR count). The Kier molecular flexibility index (Phi) is 4.58. The van der Waals surface area contributed by atoms with Crippen LogP contribution in [0.2, 0.25) is 0 Å². The molecule has 0 atom stereocenters. The van der Waals surface area contributed by atoms with Gasteiger partial charge in [0.05, 0.1) is 4.91 Å². The summed E-state index contributed by atoms with van der Waals surface area (Å²) in [5.41, 5.74) is 2.27. The monoisotopic (exact) mass is 268 g/mol. The maximum atomic E-state index is 11.7. The average molecular weight is 268 g/mol. The average Bonchev–Trinajstić information content (AvgIpc) is 2.41. The number of allylic oxidation sites excluding steroid dienone is 1. The Morgan fingerprint density at radius 2 is 1.63 bits per heavy atom. The summed E-state index contributed by atoms with van der Waals surface area (Å²) in [6.45, 7) is 3.66. The number of benzene rings is 2. The molecule has 0 spiro atoms. The second-order valence-corrected chi connectivity index (χ2v) is 5.51. The summed E-state index contributed by atoms with van der Waals surface area (Å²) < 4.78 is 0. The summed E-state index contributed by atoms with van der Waals surface area (Å²) in [4.78, 5) is 13.6. The van der Waals surface area contributed by atoms with Crippen LogP contribution in [0.4, 0.5) is 0 Å². The number of hydrogen-bond donors (Lipinski definition) is 0. The minimum absolute atomic E-state index is 0.0921. The molecule has 0 aliphatic rings. The van der Waals surface area contributed by atoms with Crippen LogP contribution in [0, 0.1) is 6.92 Å². The normalized spacial score (nSPS) is 11.4. The van der Waals surface area contributed by atoms with Gasteiger partial charge in [0, 0.05) is 4.90 Å². The third kappa shape index (κ3) is 4.11. The predicted octanol–water partition coefficient (Wildman–Crippen LogP) is 4.72. The number of hydrogen-bond acceptors (Lipinski definition) is 2. The van der Waals surface area contributed by atoms with Gasteiger partial charge < -0.3 is 0 Å². The lowest BCUT2D eigenvalue weighted by Crippen LogP contribution is -1.92. The van der Waals surface area contributed by atoms with Crippen LogP contribution in [0.25, 0.3) is 6.08 Å². The van der Waals surface area contributed by atoms with Crippen molar-refractivity contribution >= 4 is 23.6 Å². The molecular formula is C17H16OS. The fraction of sp³-hybridized carbons (Fsp3) is 0.118. The summed E-state index contributed by atoms with van der Waals surface area (Å²) in [5.74, 6) is 0.0921. The maximum absolute atomic E-state index is 11.7. The van der Waals surface area contributed by atoms with Crippen molar-refractivity contribution in [2.24, 2.45) is 0 Å². The molecule has 2 heteroatoms. The van der Waals surface area contributed by atoms with E-state index in [4.69, 9.17) is 0 Å². The van der Waals surface area contributed by atoms with E-state index in [1.165, 1.54) is 17.3 Å². The molecule has 0 fully saturated rings. The van der Waals surface area contributed by atoms with Gasteiger partial charge in [-0.05, 0) is 37.6 Å². The molecule has 96 valence electrons. The zero-order valence-corrected chi connectivity index (χ0v) is 11.9. The second kappa shape index (κ2) is 6.39. The van der Waals surface area contributed by atoms with Crippen LogP contribution in [0.5, 0.6) is 0 Å². The van der Waals surface area contributed by atoms with E-state index in [0.717, 1.165) is 15.4 Å². The molecule has 0 saturated heterocycles. The van der Waals surface area contributed by atoms with Gasteiger partial charge in [-0.15, -0.1) is 0 Å². The van der Waals surface area contributed by atoms with E-state index in [1.54, 1.807) is 6.92 Å². The number of Topliss-reactive ketones (excluding diaryl/α,β-unsaturated/α-hetero) is 1. The van der Waals surface area contributed by atoms with Gasteiger partial charge in [0.25, 0.3) is 0 Å². The number of aryl methyl sites for hydroxylation is 1.